The highest BCUT2D eigenvalue weighted by atomic mass is 16.5. The van der Waals surface area contributed by atoms with Crippen molar-refractivity contribution in [2.45, 2.75) is 44.6 Å². The molecular formula is C14H21N3O3. The van der Waals surface area contributed by atoms with E-state index in [2.05, 4.69) is 10.1 Å². The second-order valence-electron chi connectivity index (χ2n) is 5.86. The normalized spacial score (nSPS) is 22.8. The third-order valence-corrected chi connectivity index (χ3v) is 4.23. The van der Waals surface area contributed by atoms with Gasteiger partial charge in [0.2, 0.25) is 11.8 Å². The molecule has 2 aliphatic rings. The molecule has 2 fully saturated rings. The fraction of sp³-hybridized carbons (Fsp3) is 0.786. The molecule has 0 unspecified atom stereocenters. The Morgan fingerprint density at radius 1 is 1.40 bits per heavy atom. The third-order valence-electron chi connectivity index (χ3n) is 4.23. The van der Waals surface area contributed by atoms with Crippen LogP contribution in [0.2, 0.25) is 0 Å². The van der Waals surface area contributed by atoms with Gasteiger partial charge in [0.15, 0.2) is 5.82 Å². The molecule has 110 valence electrons. The zero-order chi connectivity index (χ0) is 13.9. The van der Waals surface area contributed by atoms with Gasteiger partial charge in [-0.05, 0) is 25.2 Å². The number of hydrogen-bond donors (Lipinski definition) is 0. The first-order valence-electron chi connectivity index (χ1n) is 7.36. The highest BCUT2D eigenvalue weighted by Crippen LogP contribution is 2.35. The summed E-state index contributed by atoms with van der Waals surface area (Å²) in [6, 6.07) is 0. The van der Waals surface area contributed by atoms with Crippen molar-refractivity contribution in [2.75, 3.05) is 20.3 Å². The van der Waals surface area contributed by atoms with Crippen LogP contribution in [0.4, 0.5) is 0 Å². The fourth-order valence-corrected chi connectivity index (χ4v) is 2.60. The van der Waals surface area contributed by atoms with E-state index in [0.717, 1.165) is 31.8 Å². The van der Waals surface area contributed by atoms with Crippen molar-refractivity contribution in [1.82, 2.24) is 15.0 Å². The van der Waals surface area contributed by atoms with Crippen molar-refractivity contribution in [3.05, 3.63) is 11.7 Å². The standard InChI is InChI=1S/C14H21N3O3/c1-17(13(18)7-10-5-6-19-9-10)8-12-15-14(20-16-12)11-3-2-4-11/h10-11H,2-9H2,1H3/t10-/m0/s1. The molecule has 6 heteroatoms. The van der Waals surface area contributed by atoms with Crippen molar-refractivity contribution >= 4 is 5.91 Å². The summed E-state index contributed by atoms with van der Waals surface area (Å²) in [6.45, 7) is 1.90. The van der Waals surface area contributed by atoms with E-state index >= 15 is 0 Å². The Kier molecular flexibility index (Phi) is 4.00. The molecule has 1 aliphatic heterocycles. The van der Waals surface area contributed by atoms with Gasteiger partial charge < -0.3 is 14.2 Å². The van der Waals surface area contributed by atoms with Gasteiger partial charge in [-0.2, -0.15) is 4.98 Å². The Hall–Kier alpha value is -1.43. The van der Waals surface area contributed by atoms with Crippen LogP contribution in [-0.2, 0) is 16.1 Å². The van der Waals surface area contributed by atoms with E-state index in [0.29, 0.717) is 37.2 Å². The number of nitrogens with zero attached hydrogens (tertiary/aromatic N) is 3. The molecule has 1 saturated carbocycles. The Bertz CT molecular complexity index is 464. The van der Waals surface area contributed by atoms with Crippen LogP contribution >= 0.6 is 0 Å². The van der Waals surface area contributed by atoms with E-state index in [1.807, 2.05) is 0 Å². The van der Waals surface area contributed by atoms with E-state index < -0.39 is 0 Å². The highest BCUT2D eigenvalue weighted by Gasteiger charge is 2.26. The molecule has 1 aromatic rings. The molecule has 0 N–H and O–H groups in total. The van der Waals surface area contributed by atoms with Crippen molar-refractivity contribution in [3.63, 3.8) is 0 Å². The largest absolute Gasteiger partial charge is 0.381 e. The van der Waals surface area contributed by atoms with Crippen LogP contribution in [-0.4, -0.2) is 41.2 Å². The summed E-state index contributed by atoms with van der Waals surface area (Å²) in [5, 5.41) is 3.97. The van der Waals surface area contributed by atoms with Gasteiger partial charge in [-0.3, -0.25) is 4.79 Å². The average molecular weight is 279 g/mol. The quantitative estimate of drug-likeness (QED) is 0.821. The molecule has 0 radical (unpaired) electrons. The van der Waals surface area contributed by atoms with Gasteiger partial charge >= 0.3 is 0 Å². The van der Waals surface area contributed by atoms with Crippen LogP contribution in [0.25, 0.3) is 0 Å². The summed E-state index contributed by atoms with van der Waals surface area (Å²) in [5.74, 6) is 2.26. The summed E-state index contributed by atoms with van der Waals surface area (Å²) in [6.07, 6.45) is 5.04. The minimum atomic E-state index is 0.121. The lowest BCUT2D eigenvalue weighted by Gasteiger charge is -2.20. The van der Waals surface area contributed by atoms with Crippen LogP contribution < -0.4 is 0 Å². The molecule has 0 spiro atoms. The smallest absolute Gasteiger partial charge is 0.229 e. The lowest BCUT2D eigenvalue weighted by atomic mass is 9.85. The van der Waals surface area contributed by atoms with Crippen LogP contribution in [0.1, 0.15) is 49.7 Å². The zero-order valence-corrected chi connectivity index (χ0v) is 11.9. The van der Waals surface area contributed by atoms with E-state index in [9.17, 15) is 4.79 Å². The molecule has 0 bridgehead atoms. The monoisotopic (exact) mass is 279 g/mol. The van der Waals surface area contributed by atoms with Crippen molar-refractivity contribution in [2.24, 2.45) is 5.92 Å². The molecular weight excluding hydrogens is 258 g/mol. The van der Waals surface area contributed by atoms with Gasteiger partial charge in [0.1, 0.15) is 0 Å². The first-order valence-corrected chi connectivity index (χ1v) is 7.36. The van der Waals surface area contributed by atoms with Gasteiger partial charge in [0, 0.05) is 32.6 Å². The van der Waals surface area contributed by atoms with Crippen LogP contribution in [0, 0.1) is 5.92 Å². The molecule has 1 aromatic heterocycles. The predicted molar refractivity (Wildman–Crippen MR) is 70.9 cm³/mol. The number of rotatable bonds is 5. The van der Waals surface area contributed by atoms with E-state index in [1.54, 1.807) is 11.9 Å². The summed E-state index contributed by atoms with van der Waals surface area (Å²) in [4.78, 5) is 18.2. The van der Waals surface area contributed by atoms with Gasteiger partial charge in [-0.25, -0.2) is 0 Å². The first kappa shape index (κ1) is 13.5. The Labute approximate surface area is 118 Å². The molecule has 1 amide bonds. The summed E-state index contributed by atoms with van der Waals surface area (Å²) in [7, 11) is 1.79. The second-order valence-corrected chi connectivity index (χ2v) is 5.86. The zero-order valence-electron chi connectivity index (χ0n) is 11.9. The molecule has 20 heavy (non-hydrogen) atoms. The maximum absolute atomic E-state index is 12.1. The highest BCUT2D eigenvalue weighted by molar-refractivity contribution is 5.76. The molecule has 1 saturated heterocycles. The lowest BCUT2D eigenvalue weighted by Crippen LogP contribution is -2.28. The third kappa shape index (κ3) is 3.00. The SMILES string of the molecule is CN(Cc1noc(C2CCC2)n1)C(=O)C[C@@H]1CCOC1. The average Bonchev–Trinajstić information content (AvgIpc) is 2.99. The molecule has 6 nitrogen and oxygen atoms in total. The van der Waals surface area contributed by atoms with E-state index in [1.165, 1.54) is 6.42 Å². The van der Waals surface area contributed by atoms with Gasteiger partial charge in [0.25, 0.3) is 0 Å². The summed E-state index contributed by atoms with van der Waals surface area (Å²) >= 11 is 0. The number of ether oxygens (including phenoxy) is 1. The Morgan fingerprint density at radius 2 is 2.25 bits per heavy atom. The van der Waals surface area contributed by atoms with Crippen LogP contribution in [0.3, 0.4) is 0 Å². The van der Waals surface area contributed by atoms with Gasteiger partial charge in [-0.1, -0.05) is 11.6 Å². The summed E-state index contributed by atoms with van der Waals surface area (Å²) < 4.78 is 10.6. The van der Waals surface area contributed by atoms with E-state index in [-0.39, 0.29) is 5.91 Å². The van der Waals surface area contributed by atoms with E-state index in [4.69, 9.17) is 9.26 Å². The summed E-state index contributed by atoms with van der Waals surface area (Å²) in [5.41, 5.74) is 0. The second kappa shape index (κ2) is 5.91. The van der Waals surface area contributed by atoms with Crippen LogP contribution in [0.15, 0.2) is 4.52 Å². The molecule has 0 aromatic carbocycles. The maximum Gasteiger partial charge on any atom is 0.229 e. The number of hydrogen-bond acceptors (Lipinski definition) is 5. The number of aromatic nitrogens is 2. The fourth-order valence-electron chi connectivity index (χ4n) is 2.60. The Morgan fingerprint density at radius 3 is 2.90 bits per heavy atom. The molecule has 2 heterocycles. The van der Waals surface area contributed by atoms with Crippen LogP contribution in [0.5, 0.6) is 0 Å². The molecule has 1 aliphatic carbocycles. The molecule has 1 atom stereocenters. The van der Waals surface area contributed by atoms with Gasteiger partial charge in [-0.15, -0.1) is 0 Å². The number of carbonyl (C=O) groups is 1. The van der Waals surface area contributed by atoms with Crippen molar-refractivity contribution in [1.29, 1.82) is 0 Å². The van der Waals surface area contributed by atoms with Gasteiger partial charge in [0.05, 0.1) is 6.54 Å². The van der Waals surface area contributed by atoms with Crippen molar-refractivity contribution < 1.29 is 14.1 Å². The number of amides is 1. The lowest BCUT2D eigenvalue weighted by molar-refractivity contribution is -0.131. The predicted octanol–water partition coefficient (Wildman–Crippen LogP) is 1.72. The Balaban J connectivity index is 1.50. The number of carbonyl (C=O) groups excluding carboxylic acids is 1. The minimum absolute atomic E-state index is 0.121. The minimum Gasteiger partial charge on any atom is -0.381 e. The topological polar surface area (TPSA) is 68.5 Å². The first-order chi connectivity index (χ1) is 9.72. The van der Waals surface area contributed by atoms with Crippen molar-refractivity contribution in [3.8, 4) is 0 Å². The maximum atomic E-state index is 12.1. The molecule has 3 rings (SSSR count).